The number of nitrogens with one attached hydrogen (secondary N) is 2. The van der Waals surface area contributed by atoms with Crippen LogP contribution in [0.3, 0.4) is 0 Å². The molecule has 8 heteroatoms. The van der Waals surface area contributed by atoms with Crippen LogP contribution >= 0.6 is 0 Å². The Morgan fingerprint density at radius 2 is 1.96 bits per heavy atom. The first kappa shape index (κ1) is 19.1. The van der Waals surface area contributed by atoms with E-state index in [9.17, 15) is 9.59 Å². The van der Waals surface area contributed by atoms with Gasteiger partial charge in [-0.25, -0.2) is 9.67 Å². The Kier molecular flexibility index (Phi) is 6.35. The van der Waals surface area contributed by atoms with Gasteiger partial charge in [-0.15, -0.1) is 0 Å². The number of aromatic nitrogens is 3. The van der Waals surface area contributed by atoms with E-state index in [-0.39, 0.29) is 18.4 Å². The highest BCUT2D eigenvalue weighted by Crippen LogP contribution is 2.18. The van der Waals surface area contributed by atoms with Gasteiger partial charge in [-0.3, -0.25) is 9.59 Å². The minimum Gasteiger partial charge on any atom is -0.484 e. The average molecular weight is 379 g/mol. The fourth-order valence-electron chi connectivity index (χ4n) is 2.53. The van der Waals surface area contributed by atoms with E-state index in [1.54, 1.807) is 47.4 Å². The molecule has 2 aromatic carbocycles. The van der Waals surface area contributed by atoms with Gasteiger partial charge in [0.1, 0.15) is 18.4 Å². The monoisotopic (exact) mass is 379 g/mol. The molecule has 3 rings (SSSR count). The minimum absolute atomic E-state index is 0.0710. The summed E-state index contributed by atoms with van der Waals surface area (Å²) < 4.78 is 7.15. The molecule has 0 spiro atoms. The Morgan fingerprint density at radius 3 is 2.68 bits per heavy atom. The standard InChI is InChI=1S/C20H21N5O3/c1-2-22-19(26)12-28-18-5-3-4-17(10-18)24-20(27)16-8-6-15(7-9-16)11-25-14-21-13-23-25/h3-10,13-14H,2,11-12H2,1H3,(H,22,26)(H,24,27). The lowest BCUT2D eigenvalue weighted by Gasteiger charge is -2.09. The molecule has 0 saturated heterocycles. The molecule has 0 aliphatic rings. The Bertz CT molecular complexity index is 923. The molecule has 0 atom stereocenters. The molecule has 28 heavy (non-hydrogen) atoms. The van der Waals surface area contributed by atoms with E-state index in [0.717, 1.165) is 5.56 Å². The van der Waals surface area contributed by atoms with Crippen molar-refractivity contribution in [3.05, 3.63) is 72.3 Å². The van der Waals surface area contributed by atoms with E-state index in [1.165, 1.54) is 6.33 Å². The maximum atomic E-state index is 12.5. The number of nitrogens with zero attached hydrogens (tertiary/aromatic N) is 3. The summed E-state index contributed by atoms with van der Waals surface area (Å²) in [5.74, 6) is 0.0864. The predicted octanol–water partition coefficient (Wildman–Crippen LogP) is 2.09. The van der Waals surface area contributed by atoms with E-state index in [2.05, 4.69) is 20.7 Å². The summed E-state index contributed by atoms with van der Waals surface area (Å²) in [7, 11) is 0. The number of amides is 2. The third kappa shape index (κ3) is 5.41. The highest BCUT2D eigenvalue weighted by atomic mass is 16.5. The molecule has 0 radical (unpaired) electrons. The second-order valence-electron chi connectivity index (χ2n) is 6.01. The zero-order chi connectivity index (χ0) is 19.8. The van der Waals surface area contributed by atoms with Gasteiger partial charge in [-0.2, -0.15) is 5.10 Å². The van der Waals surface area contributed by atoms with Crippen molar-refractivity contribution in [3.8, 4) is 5.75 Å². The highest BCUT2D eigenvalue weighted by Gasteiger charge is 2.08. The van der Waals surface area contributed by atoms with Crippen molar-refractivity contribution in [1.29, 1.82) is 0 Å². The van der Waals surface area contributed by atoms with Gasteiger partial charge in [0.25, 0.3) is 11.8 Å². The van der Waals surface area contributed by atoms with Crippen molar-refractivity contribution in [2.45, 2.75) is 13.5 Å². The molecule has 0 bridgehead atoms. The number of carbonyl (C=O) groups is 2. The summed E-state index contributed by atoms with van der Waals surface area (Å²) in [4.78, 5) is 27.8. The summed E-state index contributed by atoms with van der Waals surface area (Å²) in [6.07, 6.45) is 3.12. The van der Waals surface area contributed by atoms with Crippen molar-refractivity contribution in [1.82, 2.24) is 20.1 Å². The Balaban J connectivity index is 1.58. The van der Waals surface area contributed by atoms with Gasteiger partial charge in [-0.1, -0.05) is 18.2 Å². The van der Waals surface area contributed by atoms with Crippen molar-refractivity contribution in [3.63, 3.8) is 0 Å². The van der Waals surface area contributed by atoms with Crippen LogP contribution in [0.4, 0.5) is 5.69 Å². The molecule has 0 aliphatic heterocycles. The Morgan fingerprint density at radius 1 is 1.14 bits per heavy atom. The van der Waals surface area contributed by atoms with Crippen LogP contribution < -0.4 is 15.4 Å². The lowest BCUT2D eigenvalue weighted by molar-refractivity contribution is -0.122. The Labute approximate surface area is 162 Å². The number of hydrogen-bond donors (Lipinski definition) is 2. The van der Waals surface area contributed by atoms with Crippen LogP contribution in [0.2, 0.25) is 0 Å². The fraction of sp³-hybridized carbons (Fsp3) is 0.200. The smallest absolute Gasteiger partial charge is 0.257 e. The summed E-state index contributed by atoms with van der Waals surface area (Å²) >= 11 is 0. The maximum Gasteiger partial charge on any atom is 0.257 e. The van der Waals surface area contributed by atoms with E-state index in [0.29, 0.717) is 30.1 Å². The van der Waals surface area contributed by atoms with Gasteiger partial charge < -0.3 is 15.4 Å². The normalized spacial score (nSPS) is 10.3. The summed E-state index contributed by atoms with van der Waals surface area (Å²) in [6, 6.07) is 14.2. The van der Waals surface area contributed by atoms with Crippen molar-refractivity contribution in [2.24, 2.45) is 0 Å². The molecular formula is C20H21N5O3. The van der Waals surface area contributed by atoms with Crippen molar-refractivity contribution in [2.75, 3.05) is 18.5 Å². The first-order valence-electron chi connectivity index (χ1n) is 8.86. The lowest BCUT2D eigenvalue weighted by atomic mass is 10.1. The number of ether oxygens (including phenoxy) is 1. The molecule has 8 nitrogen and oxygen atoms in total. The molecule has 1 aromatic heterocycles. The van der Waals surface area contributed by atoms with E-state index in [4.69, 9.17) is 4.74 Å². The lowest BCUT2D eigenvalue weighted by Crippen LogP contribution is -2.28. The zero-order valence-electron chi connectivity index (χ0n) is 15.5. The largest absolute Gasteiger partial charge is 0.484 e. The first-order valence-corrected chi connectivity index (χ1v) is 8.86. The summed E-state index contributed by atoms with van der Waals surface area (Å²) in [5.41, 5.74) is 2.14. The summed E-state index contributed by atoms with van der Waals surface area (Å²) in [5, 5.41) is 9.55. The van der Waals surface area contributed by atoms with Crippen molar-refractivity contribution < 1.29 is 14.3 Å². The summed E-state index contributed by atoms with van der Waals surface area (Å²) in [6.45, 7) is 2.91. The molecular weight excluding hydrogens is 358 g/mol. The van der Waals surface area contributed by atoms with E-state index in [1.807, 2.05) is 19.1 Å². The topological polar surface area (TPSA) is 98.1 Å². The highest BCUT2D eigenvalue weighted by molar-refractivity contribution is 6.04. The maximum absolute atomic E-state index is 12.5. The molecule has 2 amide bonds. The number of carbonyl (C=O) groups excluding carboxylic acids is 2. The fourth-order valence-corrected chi connectivity index (χ4v) is 2.53. The van der Waals surface area contributed by atoms with Gasteiger partial charge >= 0.3 is 0 Å². The average Bonchev–Trinajstić information content (AvgIpc) is 3.20. The van der Waals surface area contributed by atoms with Crippen LogP contribution in [0.15, 0.2) is 61.2 Å². The second-order valence-corrected chi connectivity index (χ2v) is 6.01. The number of benzene rings is 2. The number of hydrogen-bond acceptors (Lipinski definition) is 5. The van der Waals surface area contributed by atoms with Gasteiger partial charge in [0.2, 0.25) is 0 Å². The number of likely N-dealkylation sites (N-methyl/N-ethyl adjacent to an activating group) is 1. The quantitative estimate of drug-likeness (QED) is 0.625. The number of anilines is 1. The zero-order valence-corrected chi connectivity index (χ0v) is 15.5. The van der Waals surface area contributed by atoms with Crippen LogP contribution in [-0.2, 0) is 11.3 Å². The van der Waals surface area contributed by atoms with Crippen LogP contribution in [0.25, 0.3) is 0 Å². The van der Waals surface area contributed by atoms with Gasteiger partial charge in [0.05, 0.1) is 6.54 Å². The number of rotatable bonds is 8. The molecule has 144 valence electrons. The molecule has 0 fully saturated rings. The van der Waals surface area contributed by atoms with Gasteiger partial charge in [0, 0.05) is 23.9 Å². The third-order valence-corrected chi connectivity index (χ3v) is 3.86. The molecule has 0 saturated carbocycles. The molecule has 0 aliphatic carbocycles. The minimum atomic E-state index is -0.229. The van der Waals surface area contributed by atoms with Crippen LogP contribution in [0.5, 0.6) is 5.75 Å². The van der Waals surface area contributed by atoms with Crippen LogP contribution in [0.1, 0.15) is 22.8 Å². The first-order chi connectivity index (χ1) is 13.6. The van der Waals surface area contributed by atoms with E-state index < -0.39 is 0 Å². The molecule has 1 heterocycles. The second kappa shape index (κ2) is 9.31. The van der Waals surface area contributed by atoms with Crippen LogP contribution in [0, 0.1) is 0 Å². The van der Waals surface area contributed by atoms with Gasteiger partial charge in [0.15, 0.2) is 6.61 Å². The molecule has 2 N–H and O–H groups in total. The SMILES string of the molecule is CCNC(=O)COc1cccc(NC(=O)c2ccc(Cn3cncn3)cc2)c1. The van der Waals surface area contributed by atoms with Crippen molar-refractivity contribution >= 4 is 17.5 Å². The van der Waals surface area contributed by atoms with Crippen LogP contribution in [-0.4, -0.2) is 39.7 Å². The third-order valence-electron chi connectivity index (χ3n) is 3.86. The Hall–Kier alpha value is -3.68. The van der Waals surface area contributed by atoms with Gasteiger partial charge in [-0.05, 0) is 36.8 Å². The molecule has 0 unspecified atom stereocenters. The molecule has 3 aromatic rings. The predicted molar refractivity (Wildman–Crippen MR) is 104 cm³/mol. The van der Waals surface area contributed by atoms with E-state index >= 15 is 0 Å².